The Morgan fingerprint density at radius 3 is 2.59 bits per heavy atom. The SMILES string of the molecule is Cc1ccc([N+](=O)[O-])cc1-n1nnn(C)c1=O. The van der Waals surface area contributed by atoms with E-state index in [1.807, 2.05) is 0 Å². The lowest BCUT2D eigenvalue weighted by molar-refractivity contribution is -0.384. The van der Waals surface area contributed by atoms with Crippen molar-refractivity contribution >= 4 is 5.69 Å². The van der Waals surface area contributed by atoms with Gasteiger partial charge in [0.15, 0.2) is 0 Å². The second-order valence-electron chi connectivity index (χ2n) is 3.52. The normalized spacial score (nSPS) is 10.5. The van der Waals surface area contributed by atoms with E-state index in [1.165, 1.54) is 19.2 Å². The molecule has 0 fully saturated rings. The summed E-state index contributed by atoms with van der Waals surface area (Å²) < 4.78 is 2.08. The highest BCUT2D eigenvalue weighted by atomic mass is 16.6. The van der Waals surface area contributed by atoms with E-state index in [0.717, 1.165) is 9.36 Å². The second-order valence-corrected chi connectivity index (χ2v) is 3.52. The van der Waals surface area contributed by atoms with Crippen LogP contribution in [0.3, 0.4) is 0 Å². The zero-order chi connectivity index (χ0) is 12.6. The Morgan fingerprint density at radius 2 is 2.06 bits per heavy atom. The van der Waals surface area contributed by atoms with Crippen molar-refractivity contribution in [1.82, 2.24) is 19.8 Å². The summed E-state index contributed by atoms with van der Waals surface area (Å²) in [6.07, 6.45) is 0. The van der Waals surface area contributed by atoms with E-state index in [-0.39, 0.29) is 5.69 Å². The Labute approximate surface area is 95.2 Å². The van der Waals surface area contributed by atoms with E-state index in [0.29, 0.717) is 11.3 Å². The molecule has 0 spiro atoms. The fourth-order valence-corrected chi connectivity index (χ4v) is 1.40. The van der Waals surface area contributed by atoms with Gasteiger partial charge in [0, 0.05) is 19.2 Å². The first kappa shape index (κ1) is 11.0. The molecule has 0 unspecified atom stereocenters. The number of nitro groups is 1. The minimum Gasteiger partial charge on any atom is -0.258 e. The van der Waals surface area contributed by atoms with Crippen molar-refractivity contribution in [3.8, 4) is 5.69 Å². The van der Waals surface area contributed by atoms with Gasteiger partial charge in [0.05, 0.1) is 10.6 Å². The van der Waals surface area contributed by atoms with Gasteiger partial charge in [-0.2, -0.15) is 9.36 Å². The van der Waals surface area contributed by atoms with Crippen molar-refractivity contribution in [3.05, 3.63) is 44.4 Å². The van der Waals surface area contributed by atoms with Gasteiger partial charge in [0.1, 0.15) is 0 Å². The summed E-state index contributed by atoms with van der Waals surface area (Å²) in [6, 6.07) is 4.24. The van der Waals surface area contributed by atoms with Crippen LogP contribution >= 0.6 is 0 Å². The zero-order valence-electron chi connectivity index (χ0n) is 9.19. The summed E-state index contributed by atoms with van der Waals surface area (Å²) in [5.74, 6) is 0. The maximum absolute atomic E-state index is 11.6. The summed E-state index contributed by atoms with van der Waals surface area (Å²) in [6.45, 7) is 1.74. The second kappa shape index (κ2) is 3.81. The average molecular weight is 235 g/mol. The van der Waals surface area contributed by atoms with Crippen molar-refractivity contribution in [3.63, 3.8) is 0 Å². The van der Waals surface area contributed by atoms with Gasteiger partial charge in [-0.3, -0.25) is 10.1 Å². The fraction of sp³-hybridized carbons (Fsp3) is 0.222. The molecule has 2 rings (SSSR count). The number of rotatable bonds is 2. The van der Waals surface area contributed by atoms with Crippen molar-refractivity contribution in [2.24, 2.45) is 7.05 Å². The largest absolute Gasteiger partial charge is 0.368 e. The van der Waals surface area contributed by atoms with Crippen LogP contribution in [-0.2, 0) is 7.05 Å². The van der Waals surface area contributed by atoms with Crippen LogP contribution in [-0.4, -0.2) is 24.7 Å². The van der Waals surface area contributed by atoms with E-state index >= 15 is 0 Å². The number of aromatic nitrogens is 4. The minimum atomic E-state index is -0.523. The van der Waals surface area contributed by atoms with Gasteiger partial charge >= 0.3 is 5.69 Å². The molecular formula is C9H9N5O3. The first-order valence-electron chi connectivity index (χ1n) is 4.75. The molecule has 0 bridgehead atoms. The van der Waals surface area contributed by atoms with Crippen LogP contribution < -0.4 is 5.69 Å². The molecule has 0 radical (unpaired) electrons. The van der Waals surface area contributed by atoms with E-state index in [4.69, 9.17) is 0 Å². The topological polar surface area (TPSA) is 95.8 Å². The molecule has 0 aliphatic heterocycles. The summed E-state index contributed by atoms with van der Waals surface area (Å²) in [5.41, 5.74) is 0.521. The van der Waals surface area contributed by atoms with Gasteiger partial charge < -0.3 is 0 Å². The number of benzene rings is 1. The number of hydrogen-bond acceptors (Lipinski definition) is 5. The molecule has 0 saturated heterocycles. The van der Waals surface area contributed by atoms with E-state index < -0.39 is 10.6 Å². The average Bonchev–Trinajstić information content (AvgIpc) is 2.60. The van der Waals surface area contributed by atoms with Gasteiger partial charge in [0.25, 0.3) is 5.69 Å². The molecule has 0 saturated carbocycles. The van der Waals surface area contributed by atoms with Crippen molar-refractivity contribution < 1.29 is 4.92 Å². The number of aryl methyl sites for hydroxylation is 2. The molecule has 0 aliphatic carbocycles. The third kappa shape index (κ3) is 1.80. The van der Waals surface area contributed by atoms with E-state index in [2.05, 4.69) is 10.4 Å². The van der Waals surface area contributed by atoms with Crippen LogP contribution in [0.1, 0.15) is 5.56 Å². The van der Waals surface area contributed by atoms with Gasteiger partial charge in [-0.15, -0.1) is 0 Å². The first-order valence-corrected chi connectivity index (χ1v) is 4.75. The van der Waals surface area contributed by atoms with Crippen LogP contribution in [0, 0.1) is 17.0 Å². The van der Waals surface area contributed by atoms with Crippen molar-refractivity contribution in [1.29, 1.82) is 0 Å². The number of nitro benzene ring substituents is 1. The molecule has 0 amide bonds. The number of tetrazole rings is 1. The lowest BCUT2D eigenvalue weighted by Gasteiger charge is -2.02. The third-order valence-corrected chi connectivity index (χ3v) is 2.35. The van der Waals surface area contributed by atoms with Gasteiger partial charge in [-0.05, 0) is 22.9 Å². The predicted octanol–water partition coefficient (Wildman–Crippen LogP) is 0.183. The molecule has 0 aliphatic rings. The first-order chi connectivity index (χ1) is 8.00. The quantitative estimate of drug-likeness (QED) is 0.546. The standard InChI is InChI=1S/C9H9N5O3/c1-6-3-4-7(14(16)17)5-8(6)13-9(15)12(2)10-11-13/h3-5H,1-2H3. The van der Waals surface area contributed by atoms with E-state index in [9.17, 15) is 14.9 Å². The third-order valence-electron chi connectivity index (χ3n) is 2.35. The molecule has 88 valence electrons. The Bertz CT molecular complexity index is 642. The number of non-ortho nitro benzene ring substituents is 1. The van der Waals surface area contributed by atoms with Crippen LogP contribution in [0.5, 0.6) is 0 Å². The van der Waals surface area contributed by atoms with Crippen LogP contribution in [0.25, 0.3) is 5.69 Å². The van der Waals surface area contributed by atoms with E-state index in [1.54, 1.807) is 13.0 Å². The maximum Gasteiger partial charge on any atom is 0.368 e. The highest BCUT2D eigenvalue weighted by Crippen LogP contribution is 2.18. The molecule has 1 aromatic heterocycles. The number of nitrogens with zero attached hydrogens (tertiary/aromatic N) is 5. The monoisotopic (exact) mass is 235 g/mol. The fourth-order valence-electron chi connectivity index (χ4n) is 1.40. The van der Waals surface area contributed by atoms with Crippen LogP contribution in [0.4, 0.5) is 5.69 Å². The summed E-state index contributed by atoms with van der Waals surface area (Å²) in [5, 5.41) is 17.9. The van der Waals surface area contributed by atoms with Crippen molar-refractivity contribution in [2.75, 3.05) is 0 Å². The lowest BCUT2D eigenvalue weighted by atomic mass is 10.2. The van der Waals surface area contributed by atoms with Crippen LogP contribution in [0.15, 0.2) is 23.0 Å². The highest BCUT2D eigenvalue weighted by Gasteiger charge is 2.13. The number of hydrogen-bond donors (Lipinski definition) is 0. The van der Waals surface area contributed by atoms with Gasteiger partial charge in [-0.1, -0.05) is 6.07 Å². The molecule has 1 heterocycles. The summed E-state index contributed by atoms with van der Waals surface area (Å²) in [7, 11) is 1.46. The smallest absolute Gasteiger partial charge is 0.258 e. The summed E-state index contributed by atoms with van der Waals surface area (Å²) in [4.78, 5) is 21.8. The van der Waals surface area contributed by atoms with Crippen LogP contribution in [0.2, 0.25) is 0 Å². The Hall–Kier alpha value is -2.51. The molecular weight excluding hydrogens is 226 g/mol. The van der Waals surface area contributed by atoms with Gasteiger partial charge in [-0.25, -0.2) is 4.79 Å². The predicted molar refractivity (Wildman–Crippen MR) is 58.0 cm³/mol. The maximum atomic E-state index is 11.6. The highest BCUT2D eigenvalue weighted by molar-refractivity contribution is 5.47. The molecule has 0 atom stereocenters. The zero-order valence-corrected chi connectivity index (χ0v) is 9.19. The lowest BCUT2D eigenvalue weighted by Crippen LogP contribution is -2.22. The Balaban J connectivity index is 2.66. The van der Waals surface area contributed by atoms with Gasteiger partial charge in [0.2, 0.25) is 0 Å². The molecule has 1 aromatic carbocycles. The molecule has 0 N–H and O–H groups in total. The molecule has 8 heteroatoms. The molecule has 2 aromatic rings. The van der Waals surface area contributed by atoms with Crippen molar-refractivity contribution in [2.45, 2.75) is 6.92 Å². The Morgan fingerprint density at radius 1 is 1.35 bits per heavy atom. The summed E-state index contributed by atoms with van der Waals surface area (Å²) >= 11 is 0. The molecule has 8 nitrogen and oxygen atoms in total. The molecule has 17 heavy (non-hydrogen) atoms. The minimum absolute atomic E-state index is 0.0943. The Kier molecular flexibility index (Phi) is 2.47.